The van der Waals surface area contributed by atoms with E-state index < -0.39 is 0 Å². The average Bonchev–Trinajstić information content (AvgIpc) is 3.52. The van der Waals surface area contributed by atoms with Gasteiger partial charge in [-0.2, -0.15) is 5.10 Å². The van der Waals surface area contributed by atoms with E-state index in [2.05, 4.69) is 10.2 Å². The lowest BCUT2D eigenvalue weighted by Gasteiger charge is -2.34. The number of H-pyrrole nitrogens is 1. The molecule has 3 aliphatic heterocycles. The Kier molecular flexibility index (Phi) is 6.36. The number of methoxy groups -OCH3 is 1. The Morgan fingerprint density at radius 1 is 1.17 bits per heavy atom. The molecule has 0 spiro atoms. The highest BCUT2D eigenvalue weighted by Gasteiger charge is 2.38. The fourth-order valence-corrected chi connectivity index (χ4v) is 4.89. The zero-order valence-electron chi connectivity index (χ0n) is 17.6. The predicted molar refractivity (Wildman–Crippen MR) is 109 cm³/mol. The number of ether oxygens (including phenoxy) is 1. The zero-order valence-corrected chi connectivity index (χ0v) is 17.6. The number of likely N-dealkylation sites (tertiary alicyclic amines) is 3. The lowest BCUT2D eigenvalue weighted by atomic mass is 9.91. The topological polar surface area (TPSA) is 98.8 Å². The number of piperidine rings is 1. The summed E-state index contributed by atoms with van der Waals surface area (Å²) in [5.74, 6) is -0.130. The first-order valence-electron chi connectivity index (χ1n) is 11.0. The third-order valence-electron chi connectivity index (χ3n) is 6.56. The molecule has 0 radical (unpaired) electrons. The molecule has 164 valence electrons. The van der Waals surface area contributed by atoms with Gasteiger partial charge >= 0.3 is 0 Å². The summed E-state index contributed by atoms with van der Waals surface area (Å²) in [4.78, 5) is 43.7. The average molecular weight is 418 g/mol. The van der Waals surface area contributed by atoms with Crippen LogP contribution in [0.3, 0.4) is 0 Å². The Labute approximate surface area is 176 Å². The lowest BCUT2D eigenvalue weighted by Crippen LogP contribution is -2.43. The van der Waals surface area contributed by atoms with Crippen LogP contribution in [0, 0.1) is 5.92 Å². The minimum Gasteiger partial charge on any atom is -0.383 e. The second-order valence-corrected chi connectivity index (χ2v) is 8.55. The van der Waals surface area contributed by atoms with Gasteiger partial charge in [0.1, 0.15) is 0 Å². The third kappa shape index (κ3) is 4.21. The van der Waals surface area contributed by atoms with Crippen LogP contribution in [0.25, 0.3) is 0 Å². The van der Waals surface area contributed by atoms with Crippen molar-refractivity contribution in [3.05, 3.63) is 17.5 Å². The van der Waals surface area contributed by atoms with E-state index in [9.17, 15) is 14.4 Å². The van der Waals surface area contributed by atoms with Gasteiger partial charge in [-0.15, -0.1) is 0 Å². The van der Waals surface area contributed by atoms with Crippen LogP contribution in [-0.2, 0) is 14.3 Å². The van der Waals surface area contributed by atoms with Crippen molar-refractivity contribution in [1.82, 2.24) is 24.9 Å². The number of nitrogens with one attached hydrogen (secondary N) is 1. The van der Waals surface area contributed by atoms with Gasteiger partial charge in [0.15, 0.2) is 0 Å². The van der Waals surface area contributed by atoms with Gasteiger partial charge in [-0.05, 0) is 25.7 Å². The fraction of sp³-hybridized carbons (Fsp3) is 0.714. The molecular weight excluding hydrogens is 386 g/mol. The van der Waals surface area contributed by atoms with E-state index in [0.717, 1.165) is 44.5 Å². The predicted octanol–water partition coefficient (Wildman–Crippen LogP) is 0.847. The highest BCUT2D eigenvalue weighted by Crippen LogP contribution is 2.31. The van der Waals surface area contributed by atoms with Crippen LogP contribution in [0.15, 0.2) is 6.20 Å². The first-order chi connectivity index (χ1) is 14.6. The number of carbonyl (C=O) groups excluding carboxylic acids is 3. The Balaban J connectivity index is 1.41. The van der Waals surface area contributed by atoms with Gasteiger partial charge in [-0.25, -0.2) is 0 Å². The molecule has 1 N–H and O–H groups in total. The number of amides is 3. The summed E-state index contributed by atoms with van der Waals surface area (Å²) < 4.78 is 5.06. The van der Waals surface area contributed by atoms with Crippen molar-refractivity contribution in [3.8, 4) is 0 Å². The maximum absolute atomic E-state index is 13.1. The molecule has 0 saturated carbocycles. The third-order valence-corrected chi connectivity index (χ3v) is 6.56. The maximum atomic E-state index is 13.1. The van der Waals surface area contributed by atoms with Gasteiger partial charge in [0.2, 0.25) is 11.8 Å². The number of hydrogen-bond donors (Lipinski definition) is 1. The van der Waals surface area contributed by atoms with Gasteiger partial charge < -0.3 is 19.4 Å². The van der Waals surface area contributed by atoms with Gasteiger partial charge in [-0.1, -0.05) is 0 Å². The van der Waals surface area contributed by atoms with E-state index in [1.54, 1.807) is 18.2 Å². The minimum absolute atomic E-state index is 0.0195. The van der Waals surface area contributed by atoms with Gasteiger partial charge in [0.05, 0.1) is 30.0 Å². The van der Waals surface area contributed by atoms with Crippen LogP contribution in [0.4, 0.5) is 0 Å². The van der Waals surface area contributed by atoms with Crippen LogP contribution in [0.1, 0.15) is 54.1 Å². The second kappa shape index (κ2) is 9.16. The first kappa shape index (κ1) is 20.8. The molecule has 30 heavy (non-hydrogen) atoms. The summed E-state index contributed by atoms with van der Waals surface area (Å²) in [6.45, 7) is 4.32. The molecule has 1 aromatic rings. The Hall–Kier alpha value is -2.42. The van der Waals surface area contributed by atoms with Crippen molar-refractivity contribution in [2.24, 2.45) is 5.92 Å². The van der Waals surface area contributed by atoms with E-state index in [1.807, 2.05) is 9.80 Å². The molecule has 3 fully saturated rings. The Bertz CT molecular complexity index is 788. The smallest absolute Gasteiger partial charge is 0.257 e. The number of aromatic nitrogens is 2. The molecule has 1 aromatic heterocycles. The molecule has 4 rings (SSSR count). The highest BCUT2D eigenvalue weighted by molar-refractivity contribution is 5.95. The molecule has 9 heteroatoms. The van der Waals surface area contributed by atoms with Crippen molar-refractivity contribution in [2.45, 2.75) is 38.0 Å². The number of carbonyl (C=O) groups is 3. The van der Waals surface area contributed by atoms with Crippen LogP contribution in [0.2, 0.25) is 0 Å². The molecule has 0 aliphatic carbocycles. The van der Waals surface area contributed by atoms with Crippen molar-refractivity contribution in [3.63, 3.8) is 0 Å². The highest BCUT2D eigenvalue weighted by atomic mass is 16.5. The molecule has 3 saturated heterocycles. The van der Waals surface area contributed by atoms with E-state index >= 15 is 0 Å². The van der Waals surface area contributed by atoms with E-state index in [0.29, 0.717) is 38.3 Å². The zero-order chi connectivity index (χ0) is 21.1. The SMILES string of the molecule is COCCN1C[C@@H](C(=O)N2CCC[C@H](c3[nH]ncc3C(=O)N3CCCC3)C2)CC1=O. The molecule has 0 unspecified atom stereocenters. The molecule has 0 bridgehead atoms. The van der Waals surface area contributed by atoms with Crippen LogP contribution in [0.5, 0.6) is 0 Å². The van der Waals surface area contributed by atoms with Crippen LogP contribution >= 0.6 is 0 Å². The number of nitrogens with zero attached hydrogens (tertiary/aromatic N) is 4. The Morgan fingerprint density at radius 2 is 1.93 bits per heavy atom. The first-order valence-corrected chi connectivity index (χ1v) is 11.0. The van der Waals surface area contributed by atoms with Crippen molar-refractivity contribution in [1.29, 1.82) is 0 Å². The summed E-state index contributed by atoms with van der Waals surface area (Å²) in [6, 6.07) is 0. The van der Waals surface area contributed by atoms with Gasteiger partial charge in [0, 0.05) is 58.7 Å². The Morgan fingerprint density at radius 3 is 2.70 bits per heavy atom. The van der Waals surface area contributed by atoms with E-state index in [-0.39, 0.29) is 36.0 Å². The maximum Gasteiger partial charge on any atom is 0.257 e. The summed E-state index contributed by atoms with van der Waals surface area (Å²) in [7, 11) is 1.61. The van der Waals surface area contributed by atoms with Gasteiger partial charge in [0.25, 0.3) is 5.91 Å². The summed E-state index contributed by atoms with van der Waals surface area (Å²) >= 11 is 0. The number of hydrogen-bond acceptors (Lipinski definition) is 5. The molecule has 2 atom stereocenters. The summed E-state index contributed by atoms with van der Waals surface area (Å²) in [5, 5.41) is 7.18. The van der Waals surface area contributed by atoms with E-state index in [1.165, 1.54) is 0 Å². The molecule has 3 aliphatic rings. The fourth-order valence-electron chi connectivity index (χ4n) is 4.89. The molecular formula is C21H31N5O4. The molecule has 9 nitrogen and oxygen atoms in total. The standard InChI is InChI=1S/C21H31N5O4/c1-30-10-9-25-14-16(11-18(25)27)20(28)26-8-4-5-15(13-26)19-17(12-22-23-19)21(29)24-6-2-3-7-24/h12,15-16H,2-11,13-14H2,1H3,(H,22,23)/t15-,16-/m0/s1. The number of rotatable bonds is 6. The number of aromatic amines is 1. The molecule has 0 aromatic carbocycles. The summed E-state index contributed by atoms with van der Waals surface area (Å²) in [6.07, 6.45) is 5.78. The summed E-state index contributed by atoms with van der Waals surface area (Å²) in [5.41, 5.74) is 1.48. The van der Waals surface area contributed by atoms with E-state index in [4.69, 9.17) is 4.74 Å². The second-order valence-electron chi connectivity index (χ2n) is 8.55. The quantitative estimate of drug-likeness (QED) is 0.740. The molecule has 4 heterocycles. The van der Waals surface area contributed by atoms with Crippen LogP contribution in [-0.4, -0.2) is 95.6 Å². The van der Waals surface area contributed by atoms with Crippen molar-refractivity contribution in [2.75, 3.05) is 53.0 Å². The van der Waals surface area contributed by atoms with Crippen LogP contribution < -0.4 is 0 Å². The minimum atomic E-state index is -0.291. The normalized spacial score (nSPS) is 24.7. The van der Waals surface area contributed by atoms with Crippen molar-refractivity contribution < 1.29 is 19.1 Å². The molecule has 3 amide bonds. The largest absolute Gasteiger partial charge is 0.383 e. The monoisotopic (exact) mass is 417 g/mol. The van der Waals surface area contributed by atoms with Crippen molar-refractivity contribution >= 4 is 17.7 Å². The lowest BCUT2D eigenvalue weighted by molar-refractivity contribution is -0.137. The van der Waals surface area contributed by atoms with Gasteiger partial charge in [-0.3, -0.25) is 19.5 Å².